The van der Waals surface area contributed by atoms with Gasteiger partial charge in [-0.05, 0) is 42.0 Å². The predicted molar refractivity (Wildman–Crippen MR) is 74.7 cm³/mol. The smallest absolute Gasteiger partial charge is 0.200 e. The van der Waals surface area contributed by atoms with Gasteiger partial charge in [-0.1, -0.05) is 37.3 Å². The first-order valence-corrected chi connectivity index (χ1v) is 6.42. The minimum absolute atomic E-state index is 0.230. The molecule has 3 nitrogen and oxygen atoms in total. The maximum atomic E-state index is 9.75. The Morgan fingerprint density at radius 1 is 0.842 bits per heavy atom. The summed E-state index contributed by atoms with van der Waals surface area (Å²) in [6, 6.07) is 11.4. The molecule has 0 aliphatic heterocycles. The number of benzene rings is 2. The first-order chi connectivity index (χ1) is 9.11. The Labute approximate surface area is 112 Å². The van der Waals surface area contributed by atoms with Crippen molar-refractivity contribution in [3.63, 3.8) is 0 Å². The zero-order valence-corrected chi connectivity index (χ0v) is 10.9. The van der Waals surface area contributed by atoms with Crippen LogP contribution < -0.4 is 0 Å². The van der Waals surface area contributed by atoms with E-state index in [0.717, 1.165) is 12.8 Å². The molecule has 0 spiro atoms. The van der Waals surface area contributed by atoms with E-state index in [0.29, 0.717) is 12.0 Å². The molecule has 0 fully saturated rings. The number of aryl methyl sites for hydroxylation is 3. The van der Waals surface area contributed by atoms with Crippen molar-refractivity contribution in [3.05, 3.63) is 53.1 Å². The molecule has 0 unspecified atom stereocenters. The van der Waals surface area contributed by atoms with E-state index in [9.17, 15) is 15.3 Å². The van der Waals surface area contributed by atoms with Gasteiger partial charge in [0.2, 0.25) is 5.75 Å². The van der Waals surface area contributed by atoms with Crippen LogP contribution in [0.25, 0.3) is 0 Å². The highest BCUT2D eigenvalue weighted by Gasteiger charge is 2.10. The minimum Gasteiger partial charge on any atom is -0.504 e. The highest BCUT2D eigenvalue weighted by Crippen LogP contribution is 2.37. The highest BCUT2D eigenvalue weighted by atomic mass is 16.3. The molecule has 100 valence electrons. The number of hydrogen-bond donors (Lipinski definition) is 3. The van der Waals surface area contributed by atoms with E-state index in [1.54, 1.807) is 6.07 Å². The molecule has 19 heavy (non-hydrogen) atoms. The average molecular weight is 258 g/mol. The molecule has 0 saturated carbocycles. The lowest BCUT2D eigenvalue weighted by atomic mass is 10.0. The quantitative estimate of drug-likeness (QED) is 0.738. The number of rotatable bonds is 4. The van der Waals surface area contributed by atoms with Gasteiger partial charge < -0.3 is 15.3 Å². The van der Waals surface area contributed by atoms with E-state index in [-0.39, 0.29) is 11.5 Å². The van der Waals surface area contributed by atoms with Crippen LogP contribution in [-0.4, -0.2) is 15.3 Å². The topological polar surface area (TPSA) is 60.7 Å². The van der Waals surface area contributed by atoms with Gasteiger partial charge in [0.1, 0.15) is 0 Å². The van der Waals surface area contributed by atoms with Gasteiger partial charge in [-0.2, -0.15) is 0 Å². The van der Waals surface area contributed by atoms with Crippen molar-refractivity contribution >= 4 is 0 Å². The summed E-state index contributed by atoms with van der Waals surface area (Å²) in [5.74, 6) is -0.972. The zero-order valence-electron chi connectivity index (χ0n) is 10.9. The van der Waals surface area contributed by atoms with Gasteiger partial charge in [0, 0.05) is 0 Å². The molecule has 0 amide bonds. The summed E-state index contributed by atoms with van der Waals surface area (Å²) in [7, 11) is 0. The molecule has 0 atom stereocenters. The lowest BCUT2D eigenvalue weighted by Gasteiger charge is -2.08. The standard InChI is InChI=1S/C16H18O3/c1-2-11-4-3-5-12(10-11)6-7-13-8-9-14(17)16(19)15(13)18/h3-5,8-10,17-19H,2,6-7H2,1H3. The first-order valence-electron chi connectivity index (χ1n) is 6.42. The molecule has 0 aliphatic rings. The van der Waals surface area contributed by atoms with Crippen LogP contribution in [0.15, 0.2) is 36.4 Å². The van der Waals surface area contributed by atoms with E-state index in [1.807, 2.05) is 6.07 Å². The van der Waals surface area contributed by atoms with Crippen LogP contribution in [0.5, 0.6) is 17.2 Å². The third kappa shape index (κ3) is 2.99. The summed E-state index contributed by atoms with van der Waals surface area (Å²) >= 11 is 0. The average Bonchev–Trinajstić information content (AvgIpc) is 2.44. The van der Waals surface area contributed by atoms with E-state index < -0.39 is 5.75 Å². The first kappa shape index (κ1) is 13.3. The second-order valence-electron chi connectivity index (χ2n) is 4.61. The molecule has 2 aromatic rings. The Morgan fingerprint density at radius 3 is 2.32 bits per heavy atom. The van der Waals surface area contributed by atoms with Gasteiger partial charge in [-0.3, -0.25) is 0 Å². The molecular formula is C16H18O3. The molecule has 0 radical (unpaired) electrons. The number of hydrogen-bond acceptors (Lipinski definition) is 3. The summed E-state index contributed by atoms with van der Waals surface area (Å²) in [5, 5.41) is 28.5. The largest absolute Gasteiger partial charge is 0.504 e. The van der Waals surface area contributed by atoms with Gasteiger partial charge in [-0.15, -0.1) is 0 Å². The third-order valence-corrected chi connectivity index (χ3v) is 3.30. The second-order valence-corrected chi connectivity index (χ2v) is 4.61. The molecule has 0 saturated heterocycles. The molecule has 2 rings (SSSR count). The van der Waals surface area contributed by atoms with E-state index >= 15 is 0 Å². The molecular weight excluding hydrogens is 240 g/mol. The number of aromatic hydroxyl groups is 3. The van der Waals surface area contributed by atoms with Gasteiger partial charge in [-0.25, -0.2) is 0 Å². The molecule has 0 aromatic heterocycles. The van der Waals surface area contributed by atoms with Crippen molar-refractivity contribution in [1.82, 2.24) is 0 Å². The van der Waals surface area contributed by atoms with Crippen LogP contribution in [0.2, 0.25) is 0 Å². The van der Waals surface area contributed by atoms with Crippen molar-refractivity contribution in [2.75, 3.05) is 0 Å². The fourth-order valence-corrected chi connectivity index (χ4v) is 2.10. The Hall–Kier alpha value is -2.16. The molecule has 0 aliphatic carbocycles. The SMILES string of the molecule is CCc1cccc(CCc2ccc(O)c(O)c2O)c1. The molecule has 0 heterocycles. The van der Waals surface area contributed by atoms with Gasteiger partial charge in [0.05, 0.1) is 0 Å². The second kappa shape index (κ2) is 5.65. The molecule has 3 heteroatoms. The van der Waals surface area contributed by atoms with Gasteiger partial charge in [0.15, 0.2) is 11.5 Å². The number of phenolic OH excluding ortho intramolecular Hbond substituents is 3. The fraction of sp³-hybridized carbons (Fsp3) is 0.250. The summed E-state index contributed by atoms with van der Waals surface area (Å²) < 4.78 is 0. The van der Waals surface area contributed by atoms with Crippen LogP contribution in [0.1, 0.15) is 23.6 Å². The normalized spacial score (nSPS) is 10.6. The fourth-order valence-electron chi connectivity index (χ4n) is 2.10. The summed E-state index contributed by atoms with van der Waals surface area (Å²) in [6.45, 7) is 2.11. The van der Waals surface area contributed by atoms with Crippen molar-refractivity contribution in [3.8, 4) is 17.2 Å². The molecule has 3 N–H and O–H groups in total. The Bertz CT molecular complexity index is 576. The van der Waals surface area contributed by atoms with Crippen LogP contribution in [0.4, 0.5) is 0 Å². The molecule has 0 bridgehead atoms. The monoisotopic (exact) mass is 258 g/mol. The Balaban J connectivity index is 2.12. The van der Waals surface area contributed by atoms with E-state index in [4.69, 9.17) is 0 Å². The maximum absolute atomic E-state index is 9.75. The summed E-state index contributed by atoms with van der Waals surface area (Å²) in [4.78, 5) is 0. The summed E-state index contributed by atoms with van der Waals surface area (Å²) in [5.41, 5.74) is 3.12. The van der Waals surface area contributed by atoms with Crippen LogP contribution >= 0.6 is 0 Å². The van der Waals surface area contributed by atoms with Gasteiger partial charge in [0.25, 0.3) is 0 Å². The lowest BCUT2D eigenvalue weighted by Crippen LogP contribution is -1.93. The van der Waals surface area contributed by atoms with E-state index in [1.165, 1.54) is 17.2 Å². The van der Waals surface area contributed by atoms with Crippen molar-refractivity contribution in [2.45, 2.75) is 26.2 Å². The van der Waals surface area contributed by atoms with Crippen LogP contribution in [0, 0.1) is 0 Å². The summed E-state index contributed by atoms with van der Waals surface area (Å²) in [6.07, 6.45) is 2.40. The molecule has 2 aromatic carbocycles. The van der Waals surface area contributed by atoms with E-state index in [2.05, 4.69) is 25.1 Å². The van der Waals surface area contributed by atoms with Gasteiger partial charge >= 0.3 is 0 Å². The zero-order chi connectivity index (χ0) is 13.8. The Morgan fingerprint density at radius 2 is 1.58 bits per heavy atom. The predicted octanol–water partition coefficient (Wildman–Crippen LogP) is 3.15. The number of phenols is 3. The van der Waals surface area contributed by atoms with Crippen molar-refractivity contribution in [1.29, 1.82) is 0 Å². The highest BCUT2D eigenvalue weighted by molar-refractivity contribution is 5.53. The third-order valence-electron chi connectivity index (χ3n) is 3.30. The maximum Gasteiger partial charge on any atom is 0.200 e. The minimum atomic E-state index is -0.445. The Kier molecular flexibility index (Phi) is 3.95. The van der Waals surface area contributed by atoms with Crippen LogP contribution in [0.3, 0.4) is 0 Å². The van der Waals surface area contributed by atoms with Crippen LogP contribution in [-0.2, 0) is 19.3 Å². The van der Waals surface area contributed by atoms with Crippen molar-refractivity contribution < 1.29 is 15.3 Å². The lowest BCUT2D eigenvalue weighted by molar-refractivity contribution is 0.365. The van der Waals surface area contributed by atoms with Crippen molar-refractivity contribution in [2.24, 2.45) is 0 Å².